The van der Waals surface area contributed by atoms with Crippen LogP contribution in [0.1, 0.15) is 30.2 Å². The Morgan fingerprint density at radius 2 is 2.31 bits per heavy atom. The number of carbonyl (C=O) groups is 1. The van der Waals surface area contributed by atoms with Crippen LogP contribution in [0.5, 0.6) is 0 Å². The lowest BCUT2D eigenvalue weighted by molar-refractivity contribution is -0.127. The van der Waals surface area contributed by atoms with Crippen LogP contribution in [0.3, 0.4) is 0 Å². The predicted molar refractivity (Wildman–Crippen MR) is 60.0 cm³/mol. The first-order valence-electron chi connectivity index (χ1n) is 5.55. The zero-order chi connectivity index (χ0) is 11.5. The summed E-state index contributed by atoms with van der Waals surface area (Å²) in [4.78, 5) is 13.2. The van der Waals surface area contributed by atoms with Crippen molar-refractivity contribution in [3.63, 3.8) is 0 Å². The number of amides is 1. The summed E-state index contributed by atoms with van der Waals surface area (Å²) in [6, 6.07) is 1.98. The molecule has 0 aliphatic carbocycles. The smallest absolute Gasteiger partial charge is 0.245 e. The summed E-state index contributed by atoms with van der Waals surface area (Å²) < 4.78 is 5.25. The number of rotatable bonds is 2. The molecule has 1 aliphatic heterocycles. The second kappa shape index (κ2) is 4.51. The maximum Gasteiger partial charge on any atom is 0.245 e. The van der Waals surface area contributed by atoms with Gasteiger partial charge >= 0.3 is 0 Å². The van der Waals surface area contributed by atoms with E-state index in [4.69, 9.17) is 4.52 Å². The van der Waals surface area contributed by atoms with Crippen LogP contribution >= 0.6 is 0 Å². The highest BCUT2D eigenvalue weighted by molar-refractivity contribution is 5.87. The number of aromatic nitrogens is 1. The zero-order valence-corrected chi connectivity index (χ0v) is 9.48. The molecule has 4 nitrogen and oxygen atoms in total. The quantitative estimate of drug-likeness (QED) is 0.715. The van der Waals surface area contributed by atoms with E-state index in [9.17, 15) is 4.79 Å². The molecule has 2 heterocycles. The Labute approximate surface area is 94.9 Å². The normalized spacial score (nSPS) is 17.4. The van der Waals surface area contributed by atoms with Crippen molar-refractivity contribution in [1.29, 1.82) is 0 Å². The van der Waals surface area contributed by atoms with Gasteiger partial charge < -0.3 is 9.42 Å². The van der Waals surface area contributed by atoms with E-state index in [1.54, 1.807) is 0 Å². The molecule has 86 valence electrons. The Bertz CT molecular complexity index is 389. The molecule has 1 aromatic heterocycles. The molecule has 1 aromatic rings. The van der Waals surface area contributed by atoms with E-state index < -0.39 is 0 Å². The van der Waals surface area contributed by atoms with Gasteiger partial charge in [0.2, 0.25) is 5.91 Å². The molecule has 0 radical (unpaired) electrons. The van der Waals surface area contributed by atoms with E-state index in [0.29, 0.717) is 5.92 Å². The SMILES string of the molecule is C=CC(=O)N1CCC(c2cc(C)no2)CC1. The van der Waals surface area contributed by atoms with E-state index >= 15 is 0 Å². The lowest BCUT2D eigenvalue weighted by Gasteiger charge is -2.29. The molecule has 0 saturated carbocycles. The average Bonchev–Trinajstić information content (AvgIpc) is 2.75. The van der Waals surface area contributed by atoms with E-state index in [-0.39, 0.29) is 5.91 Å². The fraction of sp³-hybridized carbons (Fsp3) is 0.500. The van der Waals surface area contributed by atoms with Gasteiger partial charge in [-0.05, 0) is 25.8 Å². The fourth-order valence-electron chi connectivity index (χ4n) is 2.09. The maximum atomic E-state index is 11.4. The van der Waals surface area contributed by atoms with Crippen LogP contribution in [-0.2, 0) is 4.79 Å². The summed E-state index contributed by atoms with van der Waals surface area (Å²) in [6.07, 6.45) is 3.25. The number of aryl methyl sites for hydroxylation is 1. The van der Waals surface area contributed by atoms with Gasteiger partial charge in [-0.2, -0.15) is 0 Å². The van der Waals surface area contributed by atoms with E-state index in [0.717, 1.165) is 37.4 Å². The standard InChI is InChI=1S/C12H16N2O2/c1-3-12(15)14-6-4-10(5-7-14)11-8-9(2)13-16-11/h3,8,10H,1,4-7H2,2H3. The summed E-state index contributed by atoms with van der Waals surface area (Å²) in [6.45, 7) is 6.96. The molecule has 0 aromatic carbocycles. The average molecular weight is 220 g/mol. The number of hydrogen-bond acceptors (Lipinski definition) is 3. The van der Waals surface area contributed by atoms with Gasteiger partial charge in [-0.1, -0.05) is 11.7 Å². The molecule has 1 aliphatic rings. The molecule has 16 heavy (non-hydrogen) atoms. The first-order chi connectivity index (χ1) is 7.70. The highest BCUT2D eigenvalue weighted by Gasteiger charge is 2.24. The number of piperidine rings is 1. The van der Waals surface area contributed by atoms with Crippen molar-refractivity contribution in [3.8, 4) is 0 Å². The summed E-state index contributed by atoms with van der Waals surface area (Å²) in [5.74, 6) is 1.37. The van der Waals surface area contributed by atoms with E-state index in [1.165, 1.54) is 6.08 Å². The Kier molecular flexibility index (Phi) is 3.08. The molecular weight excluding hydrogens is 204 g/mol. The van der Waals surface area contributed by atoms with Crippen molar-refractivity contribution >= 4 is 5.91 Å². The number of carbonyl (C=O) groups excluding carboxylic acids is 1. The Morgan fingerprint density at radius 3 is 2.81 bits per heavy atom. The van der Waals surface area contributed by atoms with Crippen LogP contribution in [0.2, 0.25) is 0 Å². The van der Waals surface area contributed by atoms with Crippen LogP contribution in [0, 0.1) is 6.92 Å². The van der Waals surface area contributed by atoms with Gasteiger partial charge in [0.05, 0.1) is 5.69 Å². The number of likely N-dealkylation sites (tertiary alicyclic amines) is 1. The minimum atomic E-state index is 0.0206. The molecule has 2 rings (SSSR count). The highest BCUT2D eigenvalue weighted by atomic mass is 16.5. The van der Waals surface area contributed by atoms with E-state index in [2.05, 4.69) is 11.7 Å². The largest absolute Gasteiger partial charge is 0.361 e. The molecule has 0 atom stereocenters. The summed E-state index contributed by atoms with van der Waals surface area (Å²) in [5.41, 5.74) is 0.916. The van der Waals surface area contributed by atoms with Crippen molar-refractivity contribution in [2.75, 3.05) is 13.1 Å². The third-order valence-electron chi connectivity index (χ3n) is 3.03. The topological polar surface area (TPSA) is 46.3 Å². The fourth-order valence-corrected chi connectivity index (χ4v) is 2.09. The zero-order valence-electron chi connectivity index (χ0n) is 9.48. The molecular formula is C12H16N2O2. The third-order valence-corrected chi connectivity index (χ3v) is 3.03. The molecule has 0 spiro atoms. The van der Waals surface area contributed by atoms with Crippen LogP contribution in [0.15, 0.2) is 23.2 Å². The van der Waals surface area contributed by atoms with Gasteiger partial charge in [0.1, 0.15) is 5.76 Å². The van der Waals surface area contributed by atoms with Gasteiger partial charge in [0, 0.05) is 25.1 Å². The lowest BCUT2D eigenvalue weighted by Crippen LogP contribution is -2.36. The summed E-state index contributed by atoms with van der Waals surface area (Å²) in [7, 11) is 0. The Morgan fingerprint density at radius 1 is 1.62 bits per heavy atom. The number of nitrogens with zero attached hydrogens (tertiary/aromatic N) is 2. The molecule has 0 bridgehead atoms. The molecule has 1 fully saturated rings. The van der Waals surface area contributed by atoms with Crippen molar-refractivity contribution in [1.82, 2.24) is 10.1 Å². The predicted octanol–water partition coefficient (Wildman–Crippen LogP) is 1.88. The number of hydrogen-bond donors (Lipinski definition) is 0. The molecule has 4 heteroatoms. The van der Waals surface area contributed by atoms with Crippen LogP contribution in [0.25, 0.3) is 0 Å². The van der Waals surface area contributed by atoms with Crippen LogP contribution in [0.4, 0.5) is 0 Å². The molecule has 0 N–H and O–H groups in total. The third kappa shape index (κ3) is 2.15. The molecule has 1 amide bonds. The van der Waals surface area contributed by atoms with Gasteiger partial charge in [-0.3, -0.25) is 4.79 Å². The molecule has 0 unspecified atom stereocenters. The van der Waals surface area contributed by atoms with Gasteiger partial charge in [-0.15, -0.1) is 0 Å². The summed E-state index contributed by atoms with van der Waals surface area (Å²) >= 11 is 0. The van der Waals surface area contributed by atoms with E-state index in [1.807, 2.05) is 17.9 Å². The van der Waals surface area contributed by atoms with Gasteiger partial charge in [-0.25, -0.2) is 0 Å². The minimum absolute atomic E-state index is 0.0206. The first-order valence-corrected chi connectivity index (χ1v) is 5.55. The summed E-state index contributed by atoms with van der Waals surface area (Å²) in [5, 5.41) is 3.89. The van der Waals surface area contributed by atoms with Gasteiger partial charge in [0.15, 0.2) is 0 Å². The minimum Gasteiger partial charge on any atom is -0.361 e. The van der Waals surface area contributed by atoms with Crippen molar-refractivity contribution < 1.29 is 9.32 Å². The Hall–Kier alpha value is -1.58. The molecule has 1 saturated heterocycles. The van der Waals surface area contributed by atoms with Crippen molar-refractivity contribution in [2.24, 2.45) is 0 Å². The lowest BCUT2D eigenvalue weighted by atomic mass is 9.94. The van der Waals surface area contributed by atoms with Crippen LogP contribution in [-0.4, -0.2) is 29.1 Å². The van der Waals surface area contributed by atoms with Crippen molar-refractivity contribution in [2.45, 2.75) is 25.7 Å². The van der Waals surface area contributed by atoms with Crippen molar-refractivity contribution in [3.05, 3.63) is 30.2 Å². The maximum absolute atomic E-state index is 11.4. The van der Waals surface area contributed by atoms with Gasteiger partial charge in [0.25, 0.3) is 0 Å². The van der Waals surface area contributed by atoms with Crippen LogP contribution < -0.4 is 0 Å². The first kappa shape index (κ1) is 10.9. The second-order valence-electron chi connectivity index (χ2n) is 4.17. The monoisotopic (exact) mass is 220 g/mol. The highest BCUT2D eigenvalue weighted by Crippen LogP contribution is 2.28. The second-order valence-corrected chi connectivity index (χ2v) is 4.17. The Balaban J connectivity index is 1.95.